The van der Waals surface area contributed by atoms with Crippen LogP contribution in [0.3, 0.4) is 0 Å². The van der Waals surface area contributed by atoms with Crippen LogP contribution in [0, 0.1) is 5.92 Å². The summed E-state index contributed by atoms with van der Waals surface area (Å²) in [6.45, 7) is 3.92. The van der Waals surface area contributed by atoms with Crippen LogP contribution in [0.5, 0.6) is 5.75 Å². The number of carbonyl (C=O) groups excluding carboxylic acids is 1. The normalized spacial score (nSPS) is 10.9. The molecule has 0 aliphatic carbocycles. The van der Waals surface area contributed by atoms with Crippen LogP contribution in [0.2, 0.25) is 0 Å². The molecule has 0 aliphatic heterocycles. The average Bonchev–Trinajstić information content (AvgIpc) is 2.54. The minimum Gasteiger partial charge on any atom is -0.484 e. The van der Waals surface area contributed by atoms with E-state index in [0.717, 1.165) is 11.1 Å². The summed E-state index contributed by atoms with van der Waals surface area (Å²) in [5.41, 5.74) is 4.69. The third-order valence-electron chi connectivity index (χ3n) is 2.89. The molecule has 4 heteroatoms. The molecular formula is C18H20N2O2. The predicted octanol–water partition coefficient (Wildman–Crippen LogP) is 3.49. The second-order valence-corrected chi connectivity index (χ2v) is 5.24. The monoisotopic (exact) mass is 296 g/mol. The molecule has 0 aromatic heterocycles. The van der Waals surface area contributed by atoms with Crippen LogP contribution in [0.4, 0.5) is 0 Å². The van der Waals surface area contributed by atoms with E-state index in [1.807, 2.05) is 56.3 Å². The molecule has 0 spiro atoms. The van der Waals surface area contributed by atoms with Crippen molar-refractivity contribution in [1.29, 1.82) is 0 Å². The first-order valence-corrected chi connectivity index (χ1v) is 7.25. The summed E-state index contributed by atoms with van der Waals surface area (Å²) in [6, 6.07) is 17.7. The van der Waals surface area contributed by atoms with Gasteiger partial charge in [0.2, 0.25) is 0 Å². The van der Waals surface area contributed by atoms with Crippen molar-refractivity contribution in [2.24, 2.45) is 11.0 Å². The van der Waals surface area contributed by atoms with Crippen LogP contribution >= 0.6 is 0 Å². The molecule has 2 aromatic carbocycles. The molecule has 0 aliphatic rings. The molecule has 114 valence electrons. The first-order valence-electron chi connectivity index (χ1n) is 7.25. The van der Waals surface area contributed by atoms with E-state index in [1.54, 1.807) is 6.21 Å². The maximum Gasteiger partial charge on any atom is 0.277 e. The van der Waals surface area contributed by atoms with Crippen LogP contribution < -0.4 is 10.2 Å². The van der Waals surface area contributed by atoms with Gasteiger partial charge in [0.05, 0.1) is 0 Å². The van der Waals surface area contributed by atoms with E-state index in [9.17, 15) is 4.79 Å². The lowest BCUT2D eigenvalue weighted by molar-refractivity contribution is -0.123. The molecule has 0 heterocycles. The SMILES string of the molecule is CC(C)/C=N/NC(=O)COc1ccc(-c2ccccc2)cc1. The summed E-state index contributed by atoms with van der Waals surface area (Å²) in [6.07, 6.45) is 1.67. The van der Waals surface area contributed by atoms with Crippen molar-refractivity contribution in [3.8, 4) is 16.9 Å². The molecule has 1 N–H and O–H groups in total. The Kier molecular flexibility index (Phi) is 5.72. The van der Waals surface area contributed by atoms with E-state index >= 15 is 0 Å². The molecule has 1 amide bonds. The van der Waals surface area contributed by atoms with E-state index in [0.29, 0.717) is 11.7 Å². The molecule has 0 atom stereocenters. The van der Waals surface area contributed by atoms with Crippen molar-refractivity contribution in [3.05, 3.63) is 54.6 Å². The Bertz CT molecular complexity index is 619. The Hall–Kier alpha value is -2.62. The molecule has 0 fully saturated rings. The molecule has 2 aromatic rings. The third-order valence-corrected chi connectivity index (χ3v) is 2.89. The van der Waals surface area contributed by atoms with Gasteiger partial charge in [-0.1, -0.05) is 56.3 Å². The smallest absolute Gasteiger partial charge is 0.277 e. The molecular weight excluding hydrogens is 276 g/mol. The molecule has 0 radical (unpaired) electrons. The highest BCUT2D eigenvalue weighted by Gasteiger charge is 2.02. The number of amides is 1. The summed E-state index contributed by atoms with van der Waals surface area (Å²) >= 11 is 0. The topological polar surface area (TPSA) is 50.7 Å². The zero-order chi connectivity index (χ0) is 15.8. The van der Waals surface area contributed by atoms with Gasteiger partial charge in [0.1, 0.15) is 5.75 Å². The fraction of sp³-hybridized carbons (Fsp3) is 0.222. The number of hydrazone groups is 1. The van der Waals surface area contributed by atoms with Crippen molar-refractivity contribution in [1.82, 2.24) is 5.43 Å². The van der Waals surface area contributed by atoms with Crippen LogP contribution in [0.15, 0.2) is 59.7 Å². The van der Waals surface area contributed by atoms with E-state index < -0.39 is 0 Å². The summed E-state index contributed by atoms with van der Waals surface area (Å²) in [5.74, 6) is 0.679. The number of hydrogen-bond donors (Lipinski definition) is 1. The van der Waals surface area contributed by atoms with Crippen molar-refractivity contribution in [2.45, 2.75) is 13.8 Å². The molecule has 4 nitrogen and oxygen atoms in total. The third kappa shape index (κ3) is 5.05. The number of rotatable bonds is 6. The summed E-state index contributed by atoms with van der Waals surface area (Å²) < 4.78 is 5.43. The van der Waals surface area contributed by atoms with Gasteiger partial charge in [-0.25, -0.2) is 5.43 Å². The number of nitrogens with one attached hydrogen (secondary N) is 1. The summed E-state index contributed by atoms with van der Waals surface area (Å²) in [7, 11) is 0. The Labute approximate surface area is 130 Å². The molecule has 0 saturated carbocycles. The second kappa shape index (κ2) is 7.98. The highest BCUT2D eigenvalue weighted by Crippen LogP contribution is 2.21. The van der Waals surface area contributed by atoms with Crippen molar-refractivity contribution in [2.75, 3.05) is 6.61 Å². The standard InChI is InChI=1S/C18H20N2O2/c1-14(2)12-19-20-18(21)13-22-17-10-8-16(9-11-17)15-6-4-3-5-7-15/h3-12,14H,13H2,1-2H3,(H,20,21)/b19-12+. The predicted molar refractivity (Wildman–Crippen MR) is 88.8 cm³/mol. The molecule has 0 unspecified atom stereocenters. The van der Waals surface area contributed by atoms with Crippen LogP contribution in [0.25, 0.3) is 11.1 Å². The van der Waals surface area contributed by atoms with Crippen molar-refractivity contribution < 1.29 is 9.53 Å². The molecule has 2 rings (SSSR count). The average molecular weight is 296 g/mol. The van der Waals surface area contributed by atoms with Crippen molar-refractivity contribution >= 4 is 12.1 Å². The number of carbonyl (C=O) groups is 1. The lowest BCUT2D eigenvalue weighted by Crippen LogP contribution is -2.24. The van der Waals surface area contributed by atoms with Gasteiger partial charge in [-0.2, -0.15) is 5.10 Å². The maximum absolute atomic E-state index is 11.5. The van der Waals surface area contributed by atoms with Gasteiger partial charge >= 0.3 is 0 Å². The minimum absolute atomic E-state index is 0.0554. The van der Waals surface area contributed by atoms with Gasteiger partial charge in [0.25, 0.3) is 5.91 Å². The Balaban J connectivity index is 1.85. The maximum atomic E-state index is 11.5. The fourth-order valence-electron chi connectivity index (χ4n) is 1.81. The Morgan fingerprint density at radius 1 is 1.09 bits per heavy atom. The summed E-state index contributed by atoms with van der Waals surface area (Å²) in [5, 5.41) is 3.83. The molecule has 0 saturated heterocycles. The molecule has 0 bridgehead atoms. The van der Waals surface area contributed by atoms with Gasteiger partial charge in [-0.15, -0.1) is 0 Å². The Morgan fingerprint density at radius 2 is 1.73 bits per heavy atom. The molecule has 22 heavy (non-hydrogen) atoms. The van der Waals surface area contributed by atoms with E-state index in [2.05, 4.69) is 22.7 Å². The van der Waals surface area contributed by atoms with Gasteiger partial charge in [0, 0.05) is 6.21 Å². The summed E-state index contributed by atoms with van der Waals surface area (Å²) in [4.78, 5) is 11.5. The van der Waals surface area contributed by atoms with Crippen LogP contribution in [0.1, 0.15) is 13.8 Å². The van der Waals surface area contributed by atoms with Crippen LogP contribution in [-0.4, -0.2) is 18.7 Å². The van der Waals surface area contributed by atoms with Gasteiger partial charge < -0.3 is 4.74 Å². The largest absolute Gasteiger partial charge is 0.484 e. The number of hydrogen-bond acceptors (Lipinski definition) is 3. The lowest BCUT2D eigenvalue weighted by atomic mass is 10.1. The zero-order valence-corrected chi connectivity index (χ0v) is 12.8. The van der Waals surface area contributed by atoms with Crippen molar-refractivity contribution in [3.63, 3.8) is 0 Å². The van der Waals surface area contributed by atoms with E-state index in [-0.39, 0.29) is 12.5 Å². The Morgan fingerprint density at radius 3 is 2.36 bits per heavy atom. The minimum atomic E-state index is -0.274. The lowest BCUT2D eigenvalue weighted by Gasteiger charge is -2.06. The quantitative estimate of drug-likeness (QED) is 0.655. The zero-order valence-electron chi connectivity index (χ0n) is 12.8. The number of nitrogens with zero attached hydrogens (tertiary/aromatic N) is 1. The van der Waals surface area contributed by atoms with E-state index in [1.165, 1.54) is 0 Å². The number of benzene rings is 2. The highest BCUT2D eigenvalue weighted by atomic mass is 16.5. The fourth-order valence-corrected chi connectivity index (χ4v) is 1.81. The van der Waals surface area contributed by atoms with Gasteiger partial charge in [-0.3, -0.25) is 4.79 Å². The van der Waals surface area contributed by atoms with Gasteiger partial charge in [-0.05, 0) is 29.2 Å². The first-order chi connectivity index (χ1) is 10.6. The second-order valence-electron chi connectivity index (χ2n) is 5.24. The van der Waals surface area contributed by atoms with Gasteiger partial charge in [0.15, 0.2) is 6.61 Å². The van der Waals surface area contributed by atoms with Crippen LogP contribution in [-0.2, 0) is 4.79 Å². The highest BCUT2D eigenvalue weighted by molar-refractivity contribution is 5.78. The number of ether oxygens (including phenoxy) is 1. The first kappa shape index (κ1) is 15.8. The van der Waals surface area contributed by atoms with E-state index in [4.69, 9.17) is 4.74 Å².